The summed E-state index contributed by atoms with van der Waals surface area (Å²) >= 11 is 0. The van der Waals surface area contributed by atoms with Gasteiger partial charge in [-0.05, 0) is 48.9 Å². The van der Waals surface area contributed by atoms with Gasteiger partial charge in [-0.2, -0.15) is 0 Å². The van der Waals surface area contributed by atoms with Crippen molar-refractivity contribution in [3.05, 3.63) is 101 Å². The van der Waals surface area contributed by atoms with Crippen LogP contribution >= 0.6 is 0 Å². The van der Waals surface area contributed by atoms with Crippen LogP contribution in [0.3, 0.4) is 0 Å². The maximum absolute atomic E-state index is 13.5. The molecule has 136 valence electrons. The van der Waals surface area contributed by atoms with Gasteiger partial charge in [-0.25, -0.2) is 0 Å². The van der Waals surface area contributed by atoms with Crippen LogP contribution in [0.5, 0.6) is 0 Å². The second-order valence-corrected chi connectivity index (χ2v) is 7.63. The van der Waals surface area contributed by atoms with Gasteiger partial charge in [0.05, 0.1) is 5.41 Å². The zero-order chi connectivity index (χ0) is 18.9. The first kappa shape index (κ1) is 17.5. The molecule has 0 bridgehead atoms. The topological polar surface area (TPSA) is 29.1 Å². The van der Waals surface area contributed by atoms with Gasteiger partial charge in [0.1, 0.15) is 0 Å². The van der Waals surface area contributed by atoms with Crippen molar-refractivity contribution in [3.63, 3.8) is 0 Å². The Kier molecular flexibility index (Phi) is 4.57. The summed E-state index contributed by atoms with van der Waals surface area (Å²) in [6.07, 6.45) is 1.83. The molecule has 2 heteroatoms. The maximum Gasteiger partial charge on any atom is 0.231 e. The van der Waals surface area contributed by atoms with Crippen molar-refractivity contribution < 1.29 is 4.79 Å². The number of carbonyl (C=O) groups excluding carboxylic acids is 1. The number of para-hydroxylation sites is 1. The number of benzene rings is 3. The summed E-state index contributed by atoms with van der Waals surface area (Å²) in [7, 11) is 0. The van der Waals surface area contributed by atoms with E-state index in [2.05, 4.69) is 53.8 Å². The van der Waals surface area contributed by atoms with Crippen LogP contribution in [-0.2, 0) is 4.79 Å². The van der Waals surface area contributed by atoms with Crippen LogP contribution in [0, 0.1) is 19.3 Å². The molecule has 3 aromatic carbocycles. The van der Waals surface area contributed by atoms with Gasteiger partial charge in [-0.15, -0.1) is 0 Å². The lowest BCUT2D eigenvalue weighted by atomic mass is 9.77. The smallest absolute Gasteiger partial charge is 0.231 e. The van der Waals surface area contributed by atoms with E-state index in [-0.39, 0.29) is 17.2 Å². The fraction of sp³-hybridized carbons (Fsp3) is 0.240. The lowest BCUT2D eigenvalue weighted by Gasteiger charge is -2.28. The largest absolute Gasteiger partial charge is 0.325 e. The highest BCUT2D eigenvalue weighted by Crippen LogP contribution is 2.59. The van der Waals surface area contributed by atoms with Crippen LogP contribution in [0.15, 0.2) is 78.9 Å². The highest BCUT2D eigenvalue weighted by molar-refractivity contribution is 5.99. The standard InChI is InChI=1S/C25H25NO/c1-18-10-9-11-19(2)23(18)26-24(27)25(16-17-25)22(20-12-5-3-6-13-20)21-14-7-4-8-15-21/h3-15,22H,16-17H2,1-2H3,(H,26,27). The summed E-state index contributed by atoms with van der Waals surface area (Å²) < 4.78 is 0. The van der Waals surface area contributed by atoms with E-state index in [1.165, 1.54) is 11.1 Å². The number of aryl methyl sites for hydroxylation is 2. The molecule has 1 fully saturated rings. The minimum Gasteiger partial charge on any atom is -0.325 e. The molecule has 2 nitrogen and oxygen atoms in total. The Hall–Kier alpha value is -2.87. The maximum atomic E-state index is 13.5. The second-order valence-electron chi connectivity index (χ2n) is 7.63. The third-order valence-electron chi connectivity index (χ3n) is 5.78. The first-order valence-corrected chi connectivity index (χ1v) is 9.59. The molecule has 1 aliphatic carbocycles. The Balaban J connectivity index is 1.72. The third kappa shape index (κ3) is 3.28. The quantitative estimate of drug-likeness (QED) is 0.611. The Labute approximate surface area is 161 Å². The van der Waals surface area contributed by atoms with Gasteiger partial charge in [-0.3, -0.25) is 4.79 Å². The minimum atomic E-state index is -0.378. The van der Waals surface area contributed by atoms with E-state index in [1.54, 1.807) is 0 Å². The molecule has 0 heterocycles. The molecule has 1 amide bonds. The number of amides is 1. The summed E-state index contributed by atoms with van der Waals surface area (Å²) in [4.78, 5) is 13.5. The fourth-order valence-electron chi connectivity index (χ4n) is 4.15. The van der Waals surface area contributed by atoms with E-state index in [1.807, 2.05) is 44.2 Å². The number of rotatable bonds is 5. The zero-order valence-electron chi connectivity index (χ0n) is 15.9. The number of nitrogens with one attached hydrogen (secondary N) is 1. The highest BCUT2D eigenvalue weighted by atomic mass is 16.2. The van der Waals surface area contributed by atoms with Crippen LogP contribution in [0.25, 0.3) is 0 Å². The van der Waals surface area contributed by atoms with Crippen molar-refractivity contribution in [1.82, 2.24) is 0 Å². The van der Waals surface area contributed by atoms with Crippen molar-refractivity contribution in [1.29, 1.82) is 0 Å². The van der Waals surface area contributed by atoms with Crippen molar-refractivity contribution in [3.8, 4) is 0 Å². The van der Waals surface area contributed by atoms with Crippen molar-refractivity contribution >= 4 is 11.6 Å². The minimum absolute atomic E-state index is 0.0734. The summed E-state index contributed by atoms with van der Waals surface area (Å²) in [5.41, 5.74) is 5.20. The SMILES string of the molecule is Cc1cccc(C)c1NC(=O)C1(C(c2ccccc2)c2ccccc2)CC1. The third-order valence-corrected chi connectivity index (χ3v) is 5.78. The van der Waals surface area contributed by atoms with Gasteiger partial charge < -0.3 is 5.32 Å². The van der Waals surface area contributed by atoms with Crippen LogP contribution in [0.2, 0.25) is 0 Å². The molecule has 0 atom stereocenters. The molecule has 0 spiro atoms. The van der Waals surface area contributed by atoms with E-state index in [9.17, 15) is 4.79 Å². The molecule has 1 N–H and O–H groups in total. The molecule has 27 heavy (non-hydrogen) atoms. The number of hydrogen-bond acceptors (Lipinski definition) is 1. The molecule has 1 aliphatic rings. The van der Waals surface area contributed by atoms with Gasteiger partial charge >= 0.3 is 0 Å². The summed E-state index contributed by atoms with van der Waals surface area (Å²) in [5.74, 6) is 0.210. The van der Waals surface area contributed by atoms with Crippen molar-refractivity contribution in [2.75, 3.05) is 5.32 Å². The zero-order valence-corrected chi connectivity index (χ0v) is 15.9. The fourth-order valence-corrected chi connectivity index (χ4v) is 4.15. The molecular formula is C25H25NO. The molecule has 4 rings (SSSR count). The van der Waals surface area contributed by atoms with E-state index in [0.29, 0.717) is 0 Å². The average molecular weight is 355 g/mol. The second kappa shape index (κ2) is 7.03. The van der Waals surface area contributed by atoms with Gasteiger partial charge in [0.25, 0.3) is 0 Å². The molecule has 0 radical (unpaired) electrons. The Morgan fingerprint density at radius 2 is 1.26 bits per heavy atom. The van der Waals surface area contributed by atoms with Crippen LogP contribution in [0.4, 0.5) is 5.69 Å². The summed E-state index contributed by atoms with van der Waals surface area (Å²) in [6.45, 7) is 4.10. The first-order valence-electron chi connectivity index (χ1n) is 9.59. The van der Waals surface area contributed by atoms with Crippen LogP contribution < -0.4 is 5.32 Å². The molecule has 3 aromatic rings. The number of carbonyl (C=O) groups is 1. The predicted molar refractivity (Wildman–Crippen MR) is 111 cm³/mol. The van der Waals surface area contributed by atoms with Crippen molar-refractivity contribution in [2.45, 2.75) is 32.6 Å². The molecule has 0 saturated heterocycles. The van der Waals surface area contributed by atoms with E-state index < -0.39 is 0 Å². The molecule has 1 saturated carbocycles. The van der Waals surface area contributed by atoms with E-state index in [0.717, 1.165) is 29.7 Å². The van der Waals surface area contributed by atoms with Gasteiger partial charge in [-0.1, -0.05) is 78.9 Å². The number of anilines is 1. The van der Waals surface area contributed by atoms with Gasteiger partial charge in [0, 0.05) is 11.6 Å². The lowest BCUT2D eigenvalue weighted by molar-refractivity contribution is -0.121. The van der Waals surface area contributed by atoms with Gasteiger partial charge in [0.2, 0.25) is 5.91 Å². The van der Waals surface area contributed by atoms with Gasteiger partial charge in [0.15, 0.2) is 0 Å². The van der Waals surface area contributed by atoms with E-state index >= 15 is 0 Å². The Morgan fingerprint density at radius 1 is 0.778 bits per heavy atom. The monoisotopic (exact) mass is 355 g/mol. The lowest BCUT2D eigenvalue weighted by Crippen LogP contribution is -2.31. The molecular weight excluding hydrogens is 330 g/mol. The van der Waals surface area contributed by atoms with Crippen LogP contribution in [0.1, 0.15) is 41.0 Å². The van der Waals surface area contributed by atoms with Crippen molar-refractivity contribution in [2.24, 2.45) is 5.41 Å². The molecule has 0 unspecified atom stereocenters. The average Bonchev–Trinajstić information content (AvgIpc) is 3.48. The molecule has 0 aromatic heterocycles. The Morgan fingerprint density at radius 3 is 1.70 bits per heavy atom. The summed E-state index contributed by atoms with van der Waals surface area (Å²) in [6, 6.07) is 27.0. The highest BCUT2D eigenvalue weighted by Gasteiger charge is 2.56. The summed E-state index contributed by atoms with van der Waals surface area (Å²) in [5, 5.41) is 3.26. The first-order chi connectivity index (χ1) is 13.1. The Bertz CT molecular complexity index is 883. The predicted octanol–water partition coefficient (Wildman–Crippen LogP) is 5.85. The molecule has 0 aliphatic heterocycles. The number of hydrogen-bond donors (Lipinski definition) is 1. The normalized spacial score (nSPS) is 14.8. The van der Waals surface area contributed by atoms with Crippen LogP contribution in [-0.4, -0.2) is 5.91 Å². The van der Waals surface area contributed by atoms with E-state index in [4.69, 9.17) is 0 Å².